The standard InChI is InChI=1S/C9H14N4O3/c1-6-9(13(15)16)7(2)12(10-6)5-8(14)11(3)4/h5H2,1-4H3. The molecule has 7 heteroatoms. The van der Waals surface area contributed by atoms with E-state index < -0.39 is 4.92 Å². The van der Waals surface area contributed by atoms with Gasteiger partial charge in [0.05, 0.1) is 4.92 Å². The maximum atomic E-state index is 11.5. The molecule has 0 radical (unpaired) electrons. The van der Waals surface area contributed by atoms with Gasteiger partial charge in [-0.05, 0) is 13.8 Å². The van der Waals surface area contributed by atoms with Gasteiger partial charge in [-0.3, -0.25) is 19.6 Å². The molecule has 0 aliphatic heterocycles. The molecule has 0 aliphatic rings. The van der Waals surface area contributed by atoms with Crippen molar-refractivity contribution in [1.82, 2.24) is 14.7 Å². The van der Waals surface area contributed by atoms with E-state index in [9.17, 15) is 14.9 Å². The molecule has 0 fully saturated rings. The molecule has 88 valence electrons. The number of carbonyl (C=O) groups is 1. The van der Waals surface area contributed by atoms with Gasteiger partial charge in [0.15, 0.2) is 0 Å². The Bertz CT molecular complexity index is 436. The summed E-state index contributed by atoms with van der Waals surface area (Å²) in [7, 11) is 3.25. The van der Waals surface area contributed by atoms with Crippen LogP contribution in [0.25, 0.3) is 0 Å². The lowest BCUT2D eigenvalue weighted by Gasteiger charge is -2.10. The molecule has 16 heavy (non-hydrogen) atoms. The third-order valence-corrected chi connectivity index (χ3v) is 2.31. The number of aromatic nitrogens is 2. The first-order valence-electron chi connectivity index (χ1n) is 4.73. The third-order valence-electron chi connectivity index (χ3n) is 2.31. The van der Waals surface area contributed by atoms with Crippen LogP contribution in [0.15, 0.2) is 0 Å². The summed E-state index contributed by atoms with van der Waals surface area (Å²) in [5.41, 5.74) is 0.707. The molecule has 1 amide bonds. The molecule has 1 heterocycles. The number of nitro groups is 1. The summed E-state index contributed by atoms with van der Waals surface area (Å²) in [6.45, 7) is 3.16. The first-order valence-corrected chi connectivity index (χ1v) is 4.73. The molecular formula is C9H14N4O3. The molecule has 7 nitrogen and oxygen atoms in total. The van der Waals surface area contributed by atoms with Crippen LogP contribution in [0.3, 0.4) is 0 Å². The second kappa shape index (κ2) is 4.30. The Morgan fingerprint density at radius 1 is 1.50 bits per heavy atom. The monoisotopic (exact) mass is 226 g/mol. The zero-order valence-corrected chi connectivity index (χ0v) is 9.72. The fourth-order valence-electron chi connectivity index (χ4n) is 1.38. The van der Waals surface area contributed by atoms with Crippen LogP contribution in [-0.2, 0) is 11.3 Å². The molecule has 0 aliphatic carbocycles. The Morgan fingerprint density at radius 3 is 2.44 bits per heavy atom. The molecule has 0 spiro atoms. The van der Waals surface area contributed by atoms with Crippen LogP contribution in [-0.4, -0.2) is 39.6 Å². The van der Waals surface area contributed by atoms with E-state index in [1.165, 1.54) is 9.58 Å². The van der Waals surface area contributed by atoms with Crippen LogP contribution >= 0.6 is 0 Å². The summed E-state index contributed by atoms with van der Waals surface area (Å²) in [5, 5.41) is 14.7. The number of amides is 1. The predicted octanol–water partition coefficient (Wildman–Crippen LogP) is 0.496. The van der Waals surface area contributed by atoms with Crippen molar-refractivity contribution in [2.45, 2.75) is 20.4 Å². The minimum atomic E-state index is -0.478. The number of carbonyl (C=O) groups excluding carboxylic acids is 1. The maximum Gasteiger partial charge on any atom is 0.312 e. The Labute approximate surface area is 92.8 Å². The van der Waals surface area contributed by atoms with Crippen molar-refractivity contribution < 1.29 is 9.72 Å². The summed E-state index contributed by atoms with van der Waals surface area (Å²) in [4.78, 5) is 23.1. The topological polar surface area (TPSA) is 81.3 Å². The normalized spacial score (nSPS) is 10.2. The van der Waals surface area contributed by atoms with Crippen LogP contribution in [0.1, 0.15) is 11.4 Å². The summed E-state index contributed by atoms with van der Waals surface area (Å²) in [6.07, 6.45) is 0. The highest BCUT2D eigenvalue weighted by Crippen LogP contribution is 2.21. The molecule has 0 saturated heterocycles. The zero-order valence-electron chi connectivity index (χ0n) is 9.72. The Balaban J connectivity index is 3.04. The number of hydrogen-bond acceptors (Lipinski definition) is 4. The van der Waals surface area contributed by atoms with Crippen molar-refractivity contribution in [1.29, 1.82) is 0 Å². The van der Waals surface area contributed by atoms with Gasteiger partial charge in [-0.25, -0.2) is 0 Å². The van der Waals surface area contributed by atoms with Gasteiger partial charge in [-0.15, -0.1) is 0 Å². The number of rotatable bonds is 3. The lowest BCUT2D eigenvalue weighted by Crippen LogP contribution is -2.27. The van der Waals surface area contributed by atoms with E-state index >= 15 is 0 Å². The van der Waals surface area contributed by atoms with Crippen LogP contribution in [0.5, 0.6) is 0 Å². The highest BCUT2D eigenvalue weighted by atomic mass is 16.6. The van der Waals surface area contributed by atoms with Gasteiger partial charge in [0.1, 0.15) is 17.9 Å². The van der Waals surface area contributed by atoms with E-state index in [-0.39, 0.29) is 18.1 Å². The predicted molar refractivity (Wildman–Crippen MR) is 57.0 cm³/mol. The number of likely N-dealkylation sites (N-methyl/N-ethyl adjacent to an activating group) is 1. The molecule has 0 atom stereocenters. The number of aryl methyl sites for hydroxylation is 1. The van der Waals surface area contributed by atoms with Gasteiger partial charge in [-0.1, -0.05) is 0 Å². The minimum absolute atomic E-state index is 0.0213. The van der Waals surface area contributed by atoms with Gasteiger partial charge in [0.25, 0.3) is 0 Å². The quantitative estimate of drug-likeness (QED) is 0.555. The van der Waals surface area contributed by atoms with Gasteiger partial charge in [0.2, 0.25) is 5.91 Å². The first kappa shape index (κ1) is 12.2. The maximum absolute atomic E-state index is 11.5. The first-order chi connectivity index (χ1) is 7.34. The van der Waals surface area contributed by atoms with Gasteiger partial charge in [0, 0.05) is 14.1 Å². The smallest absolute Gasteiger partial charge is 0.312 e. The minimum Gasteiger partial charge on any atom is -0.347 e. The Hall–Kier alpha value is -1.92. The largest absolute Gasteiger partial charge is 0.347 e. The molecule has 0 bridgehead atoms. The molecule has 1 aromatic rings. The van der Waals surface area contributed by atoms with Crippen molar-refractivity contribution in [2.24, 2.45) is 0 Å². The molecule has 1 aromatic heterocycles. The van der Waals surface area contributed by atoms with Crippen molar-refractivity contribution in [3.63, 3.8) is 0 Å². The molecule has 0 aromatic carbocycles. The van der Waals surface area contributed by atoms with E-state index in [2.05, 4.69) is 5.10 Å². The summed E-state index contributed by atoms with van der Waals surface area (Å²) in [5.74, 6) is -0.152. The van der Waals surface area contributed by atoms with Crippen LogP contribution in [0, 0.1) is 24.0 Å². The second-order valence-corrected chi connectivity index (χ2v) is 3.72. The average Bonchev–Trinajstić information content (AvgIpc) is 2.41. The molecule has 0 unspecified atom stereocenters. The lowest BCUT2D eigenvalue weighted by atomic mass is 10.3. The molecule has 1 rings (SSSR count). The third kappa shape index (κ3) is 2.18. The Morgan fingerprint density at radius 2 is 2.06 bits per heavy atom. The Kier molecular flexibility index (Phi) is 3.26. The second-order valence-electron chi connectivity index (χ2n) is 3.72. The van der Waals surface area contributed by atoms with Crippen LogP contribution in [0.4, 0.5) is 5.69 Å². The van der Waals surface area contributed by atoms with Crippen molar-refractivity contribution in [3.8, 4) is 0 Å². The van der Waals surface area contributed by atoms with E-state index in [1.807, 2.05) is 0 Å². The zero-order chi connectivity index (χ0) is 12.5. The van der Waals surface area contributed by atoms with E-state index in [0.29, 0.717) is 11.4 Å². The van der Waals surface area contributed by atoms with Gasteiger partial charge >= 0.3 is 5.69 Å². The fraction of sp³-hybridized carbons (Fsp3) is 0.556. The molecule has 0 N–H and O–H groups in total. The van der Waals surface area contributed by atoms with Crippen molar-refractivity contribution in [2.75, 3.05) is 14.1 Å². The highest BCUT2D eigenvalue weighted by molar-refractivity contribution is 5.75. The fourth-order valence-corrected chi connectivity index (χ4v) is 1.38. The summed E-state index contributed by atoms with van der Waals surface area (Å²) in [6, 6.07) is 0. The number of nitrogens with zero attached hydrogens (tertiary/aromatic N) is 4. The van der Waals surface area contributed by atoms with E-state index in [1.54, 1.807) is 27.9 Å². The van der Waals surface area contributed by atoms with Crippen LogP contribution in [0.2, 0.25) is 0 Å². The SMILES string of the molecule is Cc1nn(CC(=O)N(C)C)c(C)c1[N+](=O)[O-]. The summed E-state index contributed by atoms with van der Waals surface area (Å²) >= 11 is 0. The van der Waals surface area contributed by atoms with Crippen LogP contribution < -0.4 is 0 Å². The molecular weight excluding hydrogens is 212 g/mol. The van der Waals surface area contributed by atoms with Gasteiger partial charge < -0.3 is 4.90 Å². The van der Waals surface area contributed by atoms with Crippen molar-refractivity contribution >= 4 is 11.6 Å². The van der Waals surface area contributed by atoms with Crippen molar-refractivity contribution in [3.05, 3.63) is 21.5 Å². The van der Waals surface area contributed by atoms with Gasteiger partial charge in [-0.2, -0.15) is 5.10 Å². The van der Waals surface area contributed by atoms with E-state index in [4.69, 9.17) is 0 Å². The molecule has 0 saturated carbocycles. The highest BCUT2D eigenvalue weighted by Gasteiger charge is 2.22. The summed E-state index contributed by atoms with van der Waals surface area (Å²) < 4.78 is 1.36. The lowest BCUT2D eigenvalue weighted by molar-refractivity contribution is -0.386. The number of hydrogen-bond donors (Lipinski definition) is 0. The van der Waals surface area contributed by atoms with E-state index in [0.717, 1.165) is 0 Å². The average molecular weight is 226 g/mol.